The zero-order chi connectivity index (χ0) is 14.3. The summed E-state index contributed by atoms with van der Waals surface area (Å²) in [5, 5.41) is 13.2. The van der Waals surface area contributed by atoms with Crippen molar-refractivity contribution in [2.75, 3.05) is 0 Å². The molecule has 1 atom stereocenters. The number of carboxylic acid groups (broad SMARTS) is 1. The van der Waals surface area contributed by atoms with Gasteiger partial charge in [-0.25, -0.2) is 4.79 Å². The number of nitrogens with two attached hydrogens (primary N) is 1. The number of carbonyl (C=O) groups excluding carboxylic acids is 2. The van der Waals surface area contributed by atoms with Gasteiger partial charge in [0.2, 0.25) is 11.8 Å². The highest BCUT2D eigenvalue weighted by Gasteiger charge is 2.20. The molecule has 0 aromatic carbocycles. The van der Waals surface area contributed by atoms with Crippen molar-refractivity contribution in [3.05, 3.63) is 22.4 Å². The van der Waals surface area contributed by atoms with Gasteiger partial charge in [-0.3, -0.25) is 9.59 Å². The molecule has 6 nitrogen and oxygen atoms in total. The van der Waals surface area contributed by atoms with Gasteiger partial charge >= 0.3 is 5.97 Å². The molecule has 1 aromatic rings. The van der Waals surface area contributed by atoms with Crippen molar-refractivity contribution in [1.29, 1.82) is 0 Å². The van der Waals surface area contributed by atoms with Gasteiger partial charge in [-0.15, -0.1) is 11.3 Å². The number of aryl methyl sites for hydroxylation is 1. The van der Waals surface area contributed by atoms with E-state index in [4.69, 9.17) is 10.8 Å². The number of thiophene rings is 1. The van der Waals surface area contributed by atoms with Crippen LogP contribution in [0.15, 0.2) is 17.5 Å². The molecule has 2 amide bonds. The van der Waals surface area contributed by atoms with Crippen LogP contribution in [0.2, 0.25) is 0 Å². The summed E-state index contributed by atoms with van der Waals surface area (Å²) in [4.78, 5) is 34.2. The van der Waals surface area contributed by atoms with Gasteiger partial charge < -0.3 is 16.2 Å². The van der Waals surface area contributed by atoms with Crippen molar-refractivity contribution in [2.45, 2.75) is 31.7 Å². The van der Waals surface area contributed by atoms with Gasteiger partial charge in [0.05, 0.1) is 0 Å². The van der Waals surface area contributed by atoms with E-state index in [-0.39, 0.29) is 25.2 Å². The monoisotopic (exact) mass is 284 g/mol. The molecule has 4 N–H and O–H groups in total. The number of carbonyl (C=O) groups is 3. The highest BCUT2D eigenvalue weighted by Crippen LogP contribution is 2.10. The Labute approximate surface area is 114 Å². The average molecular weight is 284 g/mol. The second-order valence-corrected chi connectivity index (χ2v) is 5.07. The number of amides is 2. The SMILES string of the molecule is NC(=O)CC[C@H](NC(=O)CCc1cccs1)C(=O)O. The zero-order valence-corrected chi connectivity index (χ0v) is 11.1. The first-order valence-electron chi connectivity index (χ1n) is 5.82. The van der Waals surface area contributed by atoms with Gasteiger partial charge in [0.1, 0.15) is 6.04 Å². The Morgan fingerprint density at radius 1 is 1.37 bits per heavy atom. The number of aliphatic carboxylic acids is 1. The summed E-state index contributed by atoms with van der Waals surface area (Å²) >= 11 is 1.55. The maximum Gasteiger partial charge on any atom is 0.326 e. The van der Waals surface area contributed by atoms with E-state index < -0.39 is 17.9 Å². The molecule has 1 aromatic heterocycles. The molecule has 19 heavy (non-hydrogen) atoms. The molecule has 0 saturated heterocycles. The van der Waals surface area contributed by atoms with Gasteiger partial charge in [0.25, 0.3) is 0 Å². The molecule has 0 aliphatic carbocycles. The molecule has 0 spiro atoms. The van der Waals surface area contributed by atoms with E-state index in [2.05, 4.69) is 5.32 Å². The fourth-order valence-corrected chi connectivity index (χ4v) is 2.21. The first-order valence-corrected chi connectivity index (χ1v) is 6.70. The second kappa shape index (κ2) is 7.52. The molecule has 7 heteroatoms. The third kappa shape index (κ3) is 6.01. The minimum atomic E-state index is -1.16. The topological polar surface area (TPSA) is 109 Å². The predicted molar refractivity (Wildman–Crippen MR) is 70.6 cm³/mol. The van der Waals surface area contributed by atoms with Crippen LogP contribution in [0, 0.1) is 0 Å². The average Bonchev–Trinajstić information content (AvgIpc) is 2.84. The maximum atomic E-state index is 11.6. The van der Waals surface area contributed by atoms with E-state index in [0.29, 0.717) is 6.42 Å². The number of carboxylic acids is 1. The summed E-state index contributed by atoms with van der Waals surface area (Å²) in [5.41, 5.74) is 4.95. The normalized spacial score (nSPS) is 11.8. The lowest BCUT2D eigenvalue weighted by atomic mass is 10.1. The minimum Gasteiger partial charge on any atom is -0.480 e. The summed E-state index contributed by atoms with van der Waals surface area (Å²) < 4.78 is 0. The zero-order valence-electron chi connectivity index (χ0n) is 10.3. The Balaban J connectivity index is 2.38. The lowest BCUT2D eigenvalue weighted by molar-refractivity contribution is -0.142. The third-order valence-electron chi connectivity index (χ3n) is 2.49. The van der Waals surface area contributed by atoms with E-state index >= 15 is 0 Å². The van der Waals surface area contributed by atoms with Crippen molar-refractivity contribution in [1.82, 2.24) is 5.32 Å². The van der Waals surface area contributed by atoms with Crippen LogP contribution in [0.5, 0.6) is 0 Å². The number of nitrogens with one attached hydrogen (secondary N) is 1. The molecule has 0 saturated carbocycles. The molecule has 104 valence electrons. The van der Waals surface area contributed by atoms with Crippen LogP contribution in [0.1, 0.15) is 24.1 Å². The van der Waals surface area contributed by atoms with E-state index in [0.717, 1.165) is 4.88 Å². The Morgan fingerprint density at radius 2 is 2.11 bits per heavy atom. The van der Waals surface area contributed by atoms with Crippen molar-refractivity contribution in [3.63, 3.8) is 0 Å². The molecule has 0 aliphatic rings. The van der Waals surface area contributed by atoms with Crippen LogP contribution in [0.3, 0.4) is 0 Å². The van der Waals surface area contributed by atoms with Gasteiger partial charge in [0, 0.05) is 17.7 Å². The van der Waals surface area contributed by atoms with E-state index in [1.807, 2.05) is 17.5 Å². The van der Waals surface area contributed by atoms with Crippen molar-refractivity contribution in [3.8, 4) is 0 Å². The van der Waals surface area contributed by atoms with Gasteiger partial charge in [0.15, 0.2) is 0 Å². The van der Waals surface area contributed by atoms with E-state index in [1.54, 1.807) is 11.3 Å². The number of hydrogen-bond acceptors (Lipinski definition) is 4. The molecular formula is C12H16N2O4S. The van der Waals surface area contributed by atoms with E-state index in [9.17, 15) is 14.4 Å². The van der Waals surface area contributed by atoms with Crippen LogP contribution >= 0.6 is 11.3 Å². The highest BCUT2D eigenvalue weighted by molar-refractivity contribution is 7.09. The Morgan fingerprint density at radius 3 is 2.63 bits per heavy atom. The first-order chi connectivity index (χ1) is 8.99. The van der Waals surface area contributed by atoms with Gasteiger partial charge in [-0.05, 0) is 24.3 Å². The van der Waals surface area contributed by atoms with E-state index in [1.165, 1.54) is 0 Å². The summed E-state index contributed by atoms with van der Waals surface area (Å²) in [5.74, 6) is -2.09. The largest absolute Gasteiger partial charge is 0.480 e. The Kier molecular flexibility index (Phi) is 6.01. The highest BCUT2D eigenvalue weighted by atomic mass is 32.1. The summed E-state index contributed by atoms with van der Waals surface area (Å²) in [6.45, 7) is 0. The molecule has 0 radical (unpaired) electrons. The van der Waals surface area contributed by atoms with Crippen LogP contribution in [0.4, 0.5) is 0 Å². The number of rotatable bonds is 8. The predicted octanol–water partition coefficient (Wildman–Crippen LogP) is 0.516. The molecule has 0 bridgehead atoms. The lowest BCUT2D eigenvalue weighted by Gasteiger charge is -2.13. The first kappa shape index (κ1) is 15.2. The van der Waals surface area contributed by atoms with Crippen molar-refractivity contribution >= 4 is 29.1 Å². The van der Waals surface area contributed by atoms with Crippen LogP contribution < -0.4 is 11.1 Å². The maximum absolute atomic E-state index is 11.6. The fourth-order valence-electron chi connectivity index (χ4n) is 1.50. The third-order valence-corrected chi connectivity index (χ3v) is 3.43. The molecule has 0 fully saturated rings. The summed E-state index contributed by atoms with van der Waals surface area (Å²) in [6.07, 6.45) is 0.740. The van der Waals surface area contributed by atoms with Crippen LogP contribution in [-0.2, 0) is 20.8 Å². The Hall–Kier alpha value is -1.89. The second-order valence-electron chi connectivity index (χ2n) is 4.04. The molecular weight excluding hydrogens is 268 g/mol. The lowest BCUT2D eigenvalue weighted by Crippen LogP contribution is -2.41. The molecule has 0 aliphatic heterocycles. The Bertz CT molecular complexity index is 445. The van der Waals surface area contributed by atoms with Gasteiger partial charge in [-0.2, -0.15) is 0 Å². The fraction of sp³-hybridized carbons (Fsp3) is 0.417. The van der Waals surface area contributed by atoms with Gasteiger partial charge in [-0.1, -0.05) is 6.07 Å². The van der Waals surface area contributed by atoms with Crippen LogP contribution in [0.25, 0.3) is 0 Å². The molecule has 1 heterocycles. The molecule has 0 unspecified atom stereocenters. The molecule has 1 rings (SSSR count). The standard InChI is InChI=1S/C12H16N2O4S/c13-10(15)5-4-9(12(17)18)14-11(16)6-3-8-2-1-7-19-8/h1-2,7,9H,3-6H2,(H2,13,15)(H,14,16)(H,17,18)/t9-/m0/s1. The smallest absolute Gasteiger partial charge is 0.326 e. The quantitative estimate of drug-likeness (QED) is 0.646. The summed E-state index contributed by atoms with van der Waals surface area (Å²) in [7, 11) is 0. The van der Waals surface area contributed by atoms with Crippen molar-refractivity contribution in [2.24, 2.45) is 5.73 Å². The summed E-state index contributed by atoms with van der Waals surface area (Å²) in [6, 6.07) is 2.74. The van der Waals surface area contributed by atoms with Crippen LogP contribution in [-0.4, -0.2) is 28.9 Å². The number of primary amides is 1. The number of hydrogen-bond donors (Lipinski definition) is 3. The van der Waals surface area contributed by atoms with Crippen molar-refractivity contribution < 1.29 is 19.5 Å². The minimum absolute atomic E-state index is 0.00933.